The SMILES string of the molecule is COCC(=O)[C@@H]1CCCN1C(=O)C1CCC=C1C(=O)NCc1ccccc1. The molecule has 1 aliphatic carbocycles. The summed E-state index contributed by atoms with van der Waals surface area (Å²) in [6, 6.07) is 9.24. The van der Waals surface area contributed by atoms with E-state index in [0.29, 0.717) is 37.9 Å². The minimum atomic E-state index is -0.461. The quantitative estimate of drug-likeness (QED) is 0.795. The van der Waals surface area contributed by atoms with Crippen LogP contribution >= 0.6 is 0 Å². The first-order chi connectivity index (χ1) is 13.1. The second-order valence-corrected chi connectivity index (χ2v) is 7.05. The molecule has 1 heterocycles. The van der Waals surface area contributed by atoms with Crippen molar-refractivity contribution in [3.05, 3.63) is 47.5 Å². The van der Waals surface area contributed by atoms with Crippen molar-refractivity contribution in [2.24, 2.45) is 5.92 Å². The van der Waals surface area contributed by atoms with Gasteiger partial charge < -0.3 is 15.0 Å². The van der Waals surface area contributed by atoms with Crippen molar-refractivity contribution in [3.8, 4) is 0 Å². The lowest BCUT2D eigenvalue weighted by Crippen LogP contribution is -2.45. The fourth-order valence-electron chi connectivity index (χ4n) is 3.89. The zero-order valence-corrected chi connectivity index (χ0v) is 15.6. The van der Waals surface area contributed by atoms with Gasteiger partial charge in [0.1, 0.15) is 6.61 Å². The Balaban J connectivity index is 1.63. The van der Waals surface area contributed by atoms with E-state index in [2.05, 4.69) is 5.32 Å². The zero-order chi connectivity index (χ0) is 19.2. The summed E-state index contributed by atoms with van der Waals surface area (Å²) in [7, 11) is 1.48. The lowest BCUT2D eigenvalue weighted by Gasteiger charge is -2.27. The molecule has 2 aliphatic rings. The van der Waals surface area contributed by atoms with Gasteiger partial charge in [-0.2, -0.15) is 0 Å². The maximum absolute atomic E-state index is 13.1. The fraction of sp³-hybridized carbons (Fsp3) is 0.476. The van der Waals surface area contributed by atoms with Gasteiger partial charge in [-0.3, -0.25) is 14.4 Å². The number of nitrogens with zero attached hydrogens (tertiary/aromatic N) is 1. The van der Waals surface area contributed by atoms with Crippen LogP contribution in [0.5, 0.6) is 0 Å². The average molecular weight is 370 g/mol. The van der Waals surface area contributed by atoms with E-state index in [1.807, 2.05) is 36.4 Å². The molecular formula is C21H26N2O4. The van der Waals surface area contributed by atoms with E-state index in [1.54, 1.807) is 4.90 Å². The summed E-state index contributed by atoms with van der Waals surface area (Å²) < 4.78 is 4.94. The number of amides is 2. The van der Waals surface area contributed by atoms with Crippen molar-refractivity contribution in [1.29, 1.82) is 0 Å². The van der Waals surface area contributed by atoms with Gasteiger partial charge in [0.25, 0.3) is 0 Å². The molecule has 6 heteroatoms. The molecular weight excluding hydrogens is 344 g/mol. The molecule has 1 fully saturated rings. The summed E-state index contributed by atoms with van der Waals surface area (Å²) in [6.45, 7) is 1.00. The number of nitrogens with one attached hydrogen (secondary N) is 1. The number of ether oxygens (including phenoxy) is 1. The van der Waals surface area contributed by atoms with E-state index >= 15 is 0 Å². The second-order valence-electron chi connectivity index (χ2n) is 7.05. The van der Waals surface area contributed by atoms with Crippen LogP contribution in [-0.2, 0) is 25.7 Å². The summed E-state index contributed by atoms with van der Waals surface area (Å²) >= 11 is 0. The molecule has 1 unspecified atom stereocenters. The van der Waals surface area contributed by atoms with Crippen molar-refractivity contribution in [1.82, 2.24) is 10.2 Å². The monoisotopic (exact) mass is 370 g/mol. The number of carbonyl (C=O) groups is 3. The van der Waals surface area contributed by atoms with Crippen LogP contribution in [0.2, 0.25) is 0 Å². The highest BCUT2D eigenvalue weighted by molar-refractivity contribution is 6.02. The highest BCUT2D eigenvalue weighted by atomic mass is 16.5. The number of methoxy groups -OCH3 is 1. The van der Waals surface area contributed by atoms with E-state index in [9.17, 15) is 14.4 Å². The minimum absolute atomic E-state index is 0.0133. The molecule has 1 aromatic rings. The Morgan fingerprint density at radius 1 is 1.19 bits per heavy atom. The van der Waals surface area contributed by atoms with Crippen molar-refractivity contribution in [2.75, 3.05) is 20.3 Å². The van der Waals surface area contributed by atoms with Crippen LogP contribution in [0.3, 0.4) is 0 Å². The van der Waals surface area contributed by atoms with Crippen LogP contribution in [0.1, 0.15) is 31.2 Å². The van der Waals surface area contributed by atoms with Crippen molar-refractivity contribution in [3.63, 3.8) is 0 Å². The molecule has 0 bridgehead atoms. The normalized spacial score (nSPS) is 21.8. The summed E-state index contributed by atoms with van der Waals surface area (Å²) in [5.41, 5.74) is 1.54. The number of allylic oxidation sites excluding steroid dienone is 1. The Hall–Kier alpha value is -2.47. The standard InChI is InChI=1S/C21H26N2O4/c1-27-14-19(24)18-11-6-12-23(18)21(26)17-10-5-9-16(17)20(25)22-13-15-7-3-2-4-8-15/h2-4,7-9,17-18H,5-6,10-14H2,1H3,(H,22,25)/t17?,18-/m0/s1. The maximum atomic E-state index is 13.1. The van der Waals surface area contributed by atoms with Gasteiger partial charge in [0.05, 0.1) is 12.0 Å². The highest BCUT2D eigenvalue weighted by Gasteiger charge is 2.40. The second kappa shape index (κ2) is 8.95. The predicted molar refractivity (Wildman–Crippen MR) is 101 cm³/mol. The number of hydrogen-bond donors (Lipinski definition) is 1. The number of likely N-dealkylation sites (tertiary alicyclic amines) is 1. The van der Waals surface area contributed by atoms with E-state index < -0.39 is 12.0 Å². The molecule has 3 rings (SSSR count). The fourth-order valence-corrected chi connectivity index (χ4v) is 3.89. The molecule has 1 saturated heterocycles. The Kier molecular flexibility index (Phi) is 6.40. The van der Waals surface area contributed by atoms with Gasteiger partial charge in [0, 0.05) is 25.8 Å². The number of Topliss-reactive ketones (excluding diaryl/α,β-unsaturated/α-hetero) is 1. The third-order valence-corrected chi connectivity index (χ3v) is 5.25. The van der Waals surface area contributed by atoms with Gasteiger partial charge in [-0.05, 0) is 31.2 Å². The van der Waals surface area contributed by atoms with Gasteiger partial charge in [0.15, 0.2) is 5.78 Å². The molecule has 6 nitrogen and oxygen atoms in total. The number of hydrogen-bond acceptors (Lipinski definition) is 4. The molecule has 1 aromatic carbocycles. The average Bonchev–Trinajstić information content (AvgIpc) is 3.36. The molecule has 1 aliphatic heterocycles. The van der Waals surface area contributed by atoms with Gasteiger partial charge in [-0.1, -0.05) is 36.4 Å². The van der Waals surface area contributed by atoms with Crippen LogP contribution in [-0.4, -0.2) is 48.8 Å². The van der Waals surface area contributed by atoms with Crippen LogP contribution in [0.25, 0.3) is 0 Å². The Bertz CT molecular complexity index is 729. The number of benzene rings is 1. The smallest absolute Gasteiger partial charge is 0.247 e. The van der Waals surface area contributed by atoms with Gasteiger partial charge in [0.2, 0.25) is 11.8 Å². The molecule has 0 spiro atoms. The van der Waals surface area contributed by atoms with Crippen molar-refractivity contribution >= 4 is 17.6 Å². The van der Waals surface area contributed by atoms with E-state index in [1.165, 1.54) is 7.11 Å². The lowest BCUT2D eigenvalue weighted by molar-refractivity contribution is -0.141. The summed E-state index contributed by atoms with van der Waals surface area (Å²) in [4.78, 5) is 39.6. The zero-order valence-electron chi connectivity index (χ0n) is 15.6. The molecule has 0 aromatic heterocycles. The van der Waals surface area contributed by atoms with Crippen LogP contribution in [0.4, 0.5) is 0 Å². The molecule has 27 heavy (non-hydrogen) atoms. The molecule has 144 valence electrons. The number of rotatable bonds is 7. The molecule has 2 atom stereocenters. The third-order valence-electron chi connectivity index (χ3n) is 5.25. The van der Waals surface area contributed by atoms with Crippen LogP contribution in [0.15, 0.2) is 42.0 Å². The van der Waals surface area contributed by atoms with Gasteiger partial charge >= 0.3 is 0 Å². The van der Waals surface area contributed by atoms with Crippen molar-refractivity contribution in [2.45, 2.75) is 38.3 Å². The molecule has 0 saturated carbocycles. The minimum Gasteiger partial charge on any atom is -0.377 e. The Labute approximate surface area is 159 Å². The summed E-state index contributed by atoms with van der Waals surface area (Å²) in [5, 5.41) is 2.91. The van der Waals surface area contributed by atoms with Gasteiger partial charge in [-0.15, -0.1) is 0 Å². The van der Waals surface area contributed by atoms with Gasteiger partial charge in [-0.25, -0.2) is 0 Å². The highest BCUT2D eigenvalue weighted by Crippen LogP contribution is 2.31. The molecule has 0 radical (unpaired) electrons. The maximum Gasteiger partial charge on any atom is 0.247 e. The Morgan fingerprint density at radius 3 is 2.70 bits per heavy atom. The summed E-state index contributed by atoms with van der Waals surface area (Å²) in [5.74, 6) is -0.841. The first-order valence-electron chi connectivity index (χ1n) is 9.46. The number of ketones is 1. The Morgan fingerprint density at radius 2 is 1.96 bits per heavy atom. The van der Waals surface area contributed by atoms with Crippen molar-refractivity contribution < 1.29 is 19.1 Å². The van der Waals surface area contributed by atoms with Crippen LogP contribution < -0.4 is 5.32 Å². The van der Waals surface area contributed by atoms with Crippen LogP contribution in [0, 0.1) is 5.92 Å². The summed E-state index contributed by atoms with van der Waals surface area (Å²) in [6.07, 6.45) is 4.65. The predicted octanol–water partition coefficient (Wildman–Crippen LogP) is 1.85. The largest absolute Gasteiger partial charge is 0.377 e. The van der Waals surface area contributed by atoms with E-state index in [0.717, 1.165) is 12.0 Å². The molecule has 2 amide bonds. The molecule has 1 N–H and O–H groups in total. The lowest BCUT2D eigenvalue weighted by atomic mass is 9.98. The topological polar surface area (TPSA) is 75.7 Å². The first-order valence-corrected chi connectivity index (χ1v) is 9.46. The number of carbonyl (C=O) groups excluding carboxylic acids is 3. The van der Waals surface area contributed by atoms with E-state index in [4.69, 9.17) is 4.74 Å². The third kappa shape index (κ3) is 4.45. The van der Waals surface area contributed by atoms with E-state index in [-0.39, 0.29) is 24.2 Å². The first kappa shape index (κ1) is 19.3.